The highest BCUT2D eigenvalue weighted by atomic mass is 32.2. The zero-order valence-electron chi connectivity index (χ0n) is 16.9. The molecular weight excluding hydrogens is 418 g/mol. The molecule has 0 bridgehead atoms. The number of carbonyl (C=O) groups excluding carboxylic acids is 1. The highest BCUT2D eigenvalue weighted by molar-refractivity contribution is 7.89. The molecule has 6 nitrogen and oxygen atoms in total. The SMILES string of the molecule is Cc1ccc(-c2nc(C(=O)N3CCN(S(=O)(=O)c4ccc(C)cc4)CC3)cs2)cc1. The molecule has 2 heterocycles. The Labute approximate surface area is 180 Å². The standard InChI is InChI=1S/C22H23N3O3S2/c1-16-3-7-18(8-4-16)21-23-20(15-29-21)22(26)24-11-13-25(14-12-24)30(27,28)19-9-5-17(2)6-10-19/h3-10,15H,11-14H2,1-2H3. The van der Waals surface area contributed by atoms with E-state index in [2.05, 4.69) is 4.98 Å². The first kappa shape index (κ1) is 20.7. The van der Waals surface area contributed by atoms with Crippen LogP contribution in [0.1, 0.15) is 21.6 Å². The van der Waals surface area contributed by atoms with Crippen molar-refractivity contribution >= 4 is 27.3 Å². The Hall–Kier alpha value is -2.55. The molecule has 8 heteroatoms. The summed E-state index contributed by atoms with van der Waals surface area (Å²) in [6.07, 6.45) is 0. The van der Waals surface area contributed by atoms with Crippen LogP contribution in [-0.2, 0) is 10.0 Å². The minimum Gasteiger partial charge on any atom is -0.335 e. The molecule has 0 spiro atoms. The number of amides is 1. The molecule has 30 heavy (non-hydrogen) atoms. The number of hydrogen-bond donors (Lipinski definition) is 0. The van der Waals surface area contributed by atoms with Gasteiger partial charge in [0.25, 0.3) is 5.91 Å². The molecule has 2 aromatic carbocycles. The predicted molar refractivity (Wildman–Crippen MR) is 118 cm³/mol. The van der Waals surface area contributed by atoms with Gasteiger partial charge < -0.3 is 4.90 Å². The molecule has 1 aromatic heterocycles. The van der Waals surface area contributed by atoms with Gasteiger partial charge in [0.15, 0.2) is 0 Å². The molecule has 0 atom stereocenters. The van der Waals surface area contributed by atoms with E-state index >= 15 is 0 Å². The predicted octanol–water partition coefficient (Wildman–Crippen LogP) is 3.57. The molecule has 1 amide bonds. The van der Waals surface area contributed by atoms with Crippen LogP contribution >= 0.6 is 11.3 Å². The normalized spacial score (nSPS) is 15.3. The molecule has 1 fully saturated rings. The lowest BCUT2D eigenvalue weighted by Gasteiger charge is -2.33. The van der Waals surface area contributed by atoms with Crippen molar-refractivity contribution in [2.75, 3.05) is 26.2 Å². The van der Waals surface area contributed by atoms with E-state index in [-0.39, 0.29) is 23.9 Å². The van der Waals surface area contributed by atoms with Crippen LogP contribution in [0.15, 0.2) is 58.8 Å². The van der Waals surface area contributed by atoms with E-state index in [0.717, 1.165) is 16.1 Å². The summed E-state index contributed by atoms with van der Waals surface area (Å²) < 4.78 is 27.1. The summed E-state index contributed by atoms with van der Waals surface area (Å²) in [6.45, 7) is 5.19. The number of nitrogens with zero attached hydrogens (tertiary/aromatic N) is 3. The number of thiazole rings is 1. The van der Waals surface area contributed by atoms with Crippen molar-refractivity contribution in [3.63, 3.8) is 0 Å². The van der Waals surface area contributed by atoms with Gasteiger partial charge in [-0.05, 0) is 26.0 Å². The number of rotatable bonds is 4. The largest absolute Gasteiger partial charge is 0.335 e. The van der Waals surface area contributed by atoms with Gasteiger partial charge in [-0.1, -0.05) is 47.5 Å². The van der Waals surface area contributed by atoms with Crippen molar-refractivity contribution in [1.29, 1.82) is 0 Å². The molecule has 3 aromatic rings. The lowest BCUT2D eigenvalue weighted by molar-refractivity contribution is 0.0693. The quantitative estimate of drug-likeness (QED) is 0.621. The zero-order valence-corrected chi connectivity index (χ0v) is 18.5. The number of aryl methyl sites for hydroxylation is 2. The van der Waals surface area contributed by atoms with Crippen LogP contribution in [-0.4, -0.2) is 54.7 Å². The molecule has 4 rings (SSSR count). The van der Waals surface area contributed by atoms with Crippen molar-refractivity contribution in [2.24, 2.45) is 0 Å². The topological polar surface area (TPSA) is 70.6 Å². The second-order valence-electron chi connectivity index (χ2n) is 7.41. The van der Waals surface area contributed by atoms with E-state index < -0.39 is 10.0 Å². The Morgan fingerprint density at radius 3 is 2.07 bits per heavy atom. The molecule has 0 radical (unpaired) electrons. The highest BCUT2D eigenvalue weighted by Gasteiger charge is 2.31. The Morgan fingerprint density at radius 1 is 0.900 bits per heavy atom. The second kappa shape index (κ2) is 8.29. The van der Waals surface area contributed by atoms with Crippen LogP contribution in [0.25, 0.3) is 10.6 Å². The number of piperazine rings is 1. The maximum absolute atomic E-state index is 12.9. The average molecular weight is 442 g/mol. The van der Waals surface area contributed by atoms with Gasteiger partial charge in [0.1, 0.15) is 10.7 Å². The first-order valence-electron chi connectivity index (χ1n) is 9.73. The van der Waals surface area contributed by atoms with E-state index in [9.17, 15) is 13.2 Å². The number of benzene rings is 2. The third-order valence-corrected chi connectivity index (χ3v) is 8.01. The minimum absolute atomic E-state index is 0.156. The van der Waals surface area contributed by atoms with Crippen molar-refractivity contribution in [1.82, 2.24) is 14.2 Å². The summed E-state index contributed by atoms with van der Waals surface area (Å²) in [5, 5.41) is 2.58. The molecule has 0 saturated carbocycles. The minimum atomic E-state index is -3.55. The van der Waals surface area contributed by atoms with Crippen LogP contribution in [0, 0.1) is 13.8 Å². The summed E-state index contributed by atoms with van der Waals surface area (Å²) in [5.41, 5.74) is 3.58. The molecule has 0 unspecified atom stereocenters. The van der Waals surface area contributed by atoms with Gasteiger partial charge >= 0.3 is 0 Å². The van der Waals surface area contributed by atoms with Gasteiger partial charge in [-0.2, -0.15) is 4.31 Å². The van der Waals surface area contributed by atoms with Crippen LogP contribution in [0.3, 0.4) is 0 Å². The van der Waals surface area contributed by atoms with Crippen molar-refractivity contribution < 1.29 is 13.2 Å². The van der Waals surface area contributed by atoms with Gasteiger partial charge in [0.2, 0.25) is 10.0 Å². The fraction of sp³-hybridized carbons (Fsp3) is 0.273. The molecule has 1 aliphatic heterocycles. The van der Waals surface area contributed by atoms with Crippen molar-refractivity contribution in [3.05, 3.63) is 70.7 Å². The van der Waals surface area contributed by atoms with Crippen molar-refractivity contribution in [3.8, 4) is 10.6 Å². The first-order valence-corrected chi connectivity index (χ1v) is 12.1. The molecule has 156 valence electrons. The fourth-order valence-corrected chi connectivity index (χ4v) is 5.58. The van der Waals surface area contributed by atoms with E-state index in [0.29, 0.717) is 18.8 Å². The molecule has 0 N–H and O–H groups in total. The number of carbonyl (C=O) groups is 1. The Morgan fingerprint density at radius 2 is 1.47 bits per heavy atom. The highest BCUT2D eigenvalue weighted by Crippen LogP contribution is 2.25. The molecule has 0 aliphatic carbocycles. The molecule has 1 saturated heterocycles. The molecular formula is C22H23N3O3S2. The summed E-state index contributed by atoms with van der Waals surface area (Å²) >= 11 is 1.44. The van der Waals surface area contributed by atoms with Gasteiger partial charge in [0, 0.05) is 37.1 Å². The van der Waals surface area contributed by atoms with Crippen LogP contribution < -0.4 is 0 Å². The fourth-order valence-electron chi connectivity index (χ4n) is 3.35. The summed E-state index contributed by atoms with van der Waals surface area (Å²) in [5.74, 6) is -0.156. The Kier molecular flexibility index (Phi) is 5.73. The van der Waals surface area contributed by atoms with Gasteiger partial charge in [0.05, 0.1) is 4.90 Å². The average Bonchev–Trinajstić information content (AvgIpc) is 3.24. The molecule has 1 aliphatic rings. The van der Waals surface area contributed by atoms with E-state index in [1.54, 1.807) is 34.5 Å². The number of sulfonamides is 1. The zero-order chi connectivity index (χ0) is 21.3. The van der Waals surface area contributed by atoms with E-state index in [4.69, 9.17) is 0 Å². The number of aromatic nitrogens is 1. The maximum atomic E-state index is 12.9. The van der Waals surface area contributed by atoms with Gasteiger partial charge in [-0.15, -0.1) is 11.3 Å². The van der Waals surface area contributed by atoms with Crippen molar-refractivity contribution in [2.45, 2.75) is 18.7 Å². The van der Waals surface area contributed by atoms with Gasteiger partial charge in [-0.3, -0.25) is 4.79 Å². The maximum Gasteiger partial charge on any atom is 0.273 e. The Bertz CT molecular complexity index is 1150. The van der Waals surface area contributed by atoms with Crippen LogP contribution in [0.4, 0.5) is 0 Å². The Balaban J connectivity index is 1.42. The third-order valence-electron chi connectivity index (χ3n) is 5.21. The van der Waals surface area contributed by atoms with Crippen LogP contribution in [0.2, 0.25) is 0 Å². The summed E-state index contributed by atoms with van der Waals surface area (Å²) in [7, 11) is -3.55. The van der Waals surface area contributed by atoms with E-state index in [1.807, 2.05) is 38.1 Å². The third kappa shape index (κ3) is 4.16. The first-order chi connectivity index (χ1) is 14.3. The second-order valence-corrected chi connectivity index (χ2v) is 10.2. The summed E-state index contributed by atoms with van der Waals surface area (Å²) in [6, 6.07) is 14.9. The lowest BCUT2D eigenvalue weighted by Crippen LogP contribution is -2.50. The van der Waals surface area contributed by atoms with Gasteiger partial charge in [-0.25, -0.2) is 13.4 Å². The summed E-state index contributed by atoms with van der Waals surface area (Å²) in [4.78, 5) is 19.3. The number of hydrogen-bond acceptors (Lipinski definition) is 5. The lowest BCUT2D eigenvalue weighted by atomic mass is 10.2. The smallest absolute Gasteiger partial charge is 0.273 e. The van der Waals surface area contributed by atoms with E-state index in [1.165, 1.54) is 21.2 Å². The monoisotopic (exact) mass is 441 g/mol. The van der Waals surface area contributed by atoms with Crippen LogP contribution in [0.5, 0.6) is 0 Å².